The topological polar surface area (TPSA) is 124 Å². The molecule has 0 aliphatic carbocycles. The molecule has 0 spiro atoms. The summed E-state index contributed by atoms with van der Waals surface area (Å²) < 4.78 is 31.0. The van der Waals surface area contributed by atoms with E-state index in [0.717, 1.165) is 25.7 Å². The van der Waals surface area contributed by atoms with Crippen molar-refractivity contribution in [1.29, 1.82) is 0 Å². The molecular formula is C21H39N2O6S+. The number of quaternary nitrogens is 1. The second kappa shape index (κ2) is 14.0. The van der Waals surface area contributed by atoms with E-state index in [0.29, 0.717) is 25.3 Å². The third kappa shape index (κ3) is 10.3. The Balaban J connectivity index is 2.49. The molecule has 30 heavy (non-hydrogen) atoms. The van der Waals surface area contributed by atoms with E-state index in [1.165, 1.54) is 25.7 Å². The van der Waals surface area contributed by atoms with E-state index in [-0.39, 0.29) is 30.0 Å². The van der Waals surface area contributed by atoms with Crippen LogP contribution in [0.25, 0.3) is 0 Å². The van der Waals surface area contributed by atoms with Crippen LogP contribution in [-0.2, 0) is 14.9 Å². The van der Waals surface area contributed by atoms with Gasteiger partial charge in [0.25, 0.3) is 16.0 Å². The lowest BCUT2D eigenvalue weighted by atomic mass is 10.1. The van der Waals surface area contributed by atoms with E-state index < -0.39 is 22.0 Å². The SMILES string of the molecule is CCCCCC/C=C/CCCCC(=O)C1=NCC[N+]1(CCO)CC(O)CS(=O)(=O)O. The zero-order chi connectivity index (χ0) is 22.5. The van der Waals surface area contributed by atoms with Gasteiger partial charge in [-0.3, -0.25) is 13.8 Å². The zero-order valence-electron chi connectivity index (χ0n) is 18.2. The average molecular weight is 448 g/mol. The molecule has 0 saturated carbocycles. The largest absolute Gasteiger partial charge is 0.390 e. The van der Waals surface area contributed by atoms with E-state index in [4.69, 9.17) is 4.55 Å². The first-order chi connectivity index (χ1) is 14.2. The summed E-state index contributed by atoms with van der Waals surface area (Å²) in [7, 11) is -4.33. The van der Waals surface area contributed by atoms with Crippen LogP contribution in [0.15, 0.2) is 17.1 Å². The molecule has 0 radical (unpaired) electrons. The van der Waals surface area contributed by atoms with Crippen LogP contribution in [0.3, 0.4) is 0 Å². The fourth-order valence-corrected chi connectivity index (χ4v) is 4.51. The van der Waals surface area contributed by atoms with Crippen molar-refractivity contribution in [3.63, 3.8) is 0 Å². The number of hydrogen-bond acceptors (Lipinski definition) is 6. The van der Waals surface area contributed by atoms with Crippen LogP contribution >= 0.6 is 0 Å². The lowest BCUT2D eigenvalue weighted by Gasteiger charge is -2.34. The second-order valence-corrected chi connectivity index (χ2v) is 9.59. The van der Waals surface area contributed by atoms with Crippen LogP contribution in [0.5, 0.6) is 0 Å². The fourth-order valence-electron chi connectivity index (χ4n) is 3.92. The van der Waals surface area contributed by atoms with Gasteiger partial charge in [-0.05, 0) is 32.1 Å². The molecule has 1 aliphatic heterocycles. The van der Waals surface area contributed by atoms with Crippen molar-refractivity contribution in [2.24, 2.45) is 4.99 Å². The molecule has 0 aromatic carbocycles. The smallest absolute Gasteiger partial charge is 0.267 e. The molecule has 0 bridgehead atoms. The number of rotatable bonds is 17. The molecule has 3 N–H and O–H groups in total. The summed E-state index contributed by atoms with van der Waals surface area (Å²) in [5.41, 5.74) is 0. The number of hydrogen-bond donors (Lipinski definition) is 3. The standard InChI is InChI=1S/C21H38N2O6S/c1-2-3-4-5-6-7-8-9-10-11-12-20(26)21-22-13-14-23(21,15-16-24)17-19(25)18-30(27,28)29/h7-8,19,24-25H,2-6,9-18H2,1H3/p+1/b8-7+. The molecule has 8 nitrogen and oxygen atoms in total. The highest BCUT2D eigenvalue weighted by Crippen LogP contribution is 2.19. The van der Waals surface area contributed by atoms with Gasteiger partial charge in [-0.2, -0.15) is 8.42 Å². The minimum atomic E-state index is -4.33. The average Bonchev–Trinajstić information content (AvgIpc) is 3.04. The minimum absolute atomic E-state index is 0.0380. The first-order valence-corrected chi connectivity index (χ1v) is 12.7. The number of aliphatic hydroxyl groups excluding tert-OH is 2. The number of allylic oxidation sites excluding steroid dienone is 2. The summed E-state index contributed by atoms with van der Waals surface area (Å²) in [5.74, 6) is -0.626. The summed E-state index contributed by atoms with van der Waals surface area (Å²) in [4.78, 5) is 17.1. The number of amidine groups is 1. The molecule has 2 atom stereocenters. The highest BCUT2D eigenvalue weighted by molar-refractivity contribution is 7.85. The van der Waals surface area contributed by atoms with Crippen LogP contribution in [0.2, 0.25) is 0 Å². The van der Waals surface area contributed by atoms with Crippen molar-refractivity contribution < 1.29 is 32.5 Å². The predicted octanol–water partition coefficient (Wildman–Crippen LogP) is 2.11. The summed E-state index contributed by atoms with van der Waals surface area (Å²) in [6.07, 6.45) is 12.0. The number of aliphatic hydroxyl groups is 2. The Hall–Kier alpha value is -1.13. The molecule has 9 heteroatoms. The monoisotopic (exact) mass is 447 g/mol. The van der Waals surface area contributed by atoms with Gasteiger partial charge in [0.1, 0.15) is 31.5 Å². The molecule has 2 unspecified atom stereocenters. The number of carbonyl (C=O) groups excluding carboxylic acids is 1. The summed E-state index contributed by atoms with van der Waals surface area (Å²) in [6.45, 7) is 2.89. The van der Waals surface area contributed by atoms with Crippen LogP contribution in [0, 0.1) is 0 Å². The van der Waals surface area contributed by atoms with Gasteiger partial charge in [-0.1, -0.05) is 38.3 Å². The number of Topliss-reactive ketones (excluding diaryl/α,β-unsaturated/α-hetero) is 1. The maximum atomic E-state index is 12.7. The van der Waals surface area contributed by atoms with E-state index in [9.17, 15) is 23.4 Å². The summed E-state index contributed by atoms with van der Waals surface area (Å²) in [5, 5.41) is 19.6. The van der Waals surface area contributed by atoms with Gasteiger partial charge < -0.3 is 10.2 Å². The van der Waals surface area contributed by atoms with Gasteiger partial charge in [0.2, 0.25) is 5.78 Å². The van der Waals surface area contributed by atoms with Crippen molar-refractivity contribution in [2.75, 3.05) is 38.5 Å². The highest BCUT2D eigenvalue weighted by atomic mass is 32.2. The molecule has 1 heterocycles. The van der Waals surface area contributed by atoms with E-state index >= 15 is 0 Å². The van der Waals surface area contributed by atoms with E-state index in [1.807, 2.05) is 0 Å². The lowest BCUT2D eigenvalue weighted by Crippen LogP contribution is -2.59. The molecular weight excluding hydrogens is 408 g/mol. The first-order valence-electron chi connectivity index (χ1n) is 11.1. The Morgan fingerprint density at radius 2 is 1.83 bits per heavy atom. The van der Waals surface area contributed by atoms with Gasteiger partial charge in [0.05, 0.1) is 13.2 Å². The van der Waals surface area contributed by atoms with Gasteiger partial charge in [0, 0.05) is 6.42 Å². The van der Waals surface area contributed by atoms with Crippen LogP contribution < -0.4 is 0 Å². The van der Waals surface area contributed by atoms with Crippen molar-refractivity contribution in [1.82, 2.24) is 0 Å². The first kappa shape index (κ1) is 26.9. The maximum absolute atomic E-state index is 12.7. The Morgan fingerprint density at radius 3 is 2.43 bits per heavy atom. The molecule has 174 valence electrons. The number of nitrogens with zero attached hydrogens (tertiary/aromatic N) is 2. The van der Waals surface area contributed by atoms with E-state index in [2.05, 4.69) is 24.1 Å². The van der Waals surface area contributed by atoms with Gasteiger partial charge in [0.15, 0.2) is 0 Å². The second-order valence-electron chi connectivity index (χ2n) is 8.10. The lowest BCUT2D eigenvalue weighted by molar-refractivity contribution is -0.837. The Morgan fingerprint density at radius 1 is 1.17 bits per heavy atom. The molecule has 0 aromatic rings. The number of carbonyl (C=O) groups is 1. The van der Waals surface area contributed by atoms with Crippen molar-refractivity contribution in [3.8, 4) is 0 Å². The highest BCUT2D eigenvalue weighted by Gasteiger charge is 2.43. The predicted molar refractivity (Wildman–Crippen MR) is 118 cm³/mol. The molecule has 1 rings (SSSR count). The molecule has 0 amide bonds. The quantitative estimate of drug-likeness (QED) is 0.136. The maximum Gasteiger partial charge on any atom is 0.267 e. The van der Waals surface area contributed by atoms with Crippen LogP contribution in [0.4, 0.5) is 0 Å². The normalized spacial score (nSPS) is 20.6. The summed E-state index contributed by atoms with van der Waals surface area (Å²) >= 11 is 0. The zero-order valence-corrected chi connectivity index (χ0v) is 19.0. The van der Waals surface area contributed by atoms with Gasteiger partial charge >= 0.3 is 0 Å². The molecule has 0 saturated heterocycles. The number of unbranched alkanes of at least 4 members (excludes halogenated alkanes) is 6. The third-order valence-electron chi connectivity index (χ3n) is 5.40. The van der Waals surface area contributed by atoms with Gasteiger partial charge in [-0.25, -0.2) is 4.99 Å². The van der Waals surface area contributed by atoms with Crippen LogP contribution in [-0.4, -0.2) is 83.9 Å². The minimum Gasteiger partial charge on any atom is -0.390 e. The summed E-state index contributed by atoms with van der Waals surface area (Å²) in [6, 6.07) is 0. The van der Waals surface area contributed by atoms with E-state index in [1.54, 1.807) is 0 Å². The number of ketones is 1. The Kier molecular flexibility index (Phi) is 12.6. The van der Waals surface area contributed by atoms with Crippen molar-refractivity contribution in [2.45, 2.75) is 70.8 Å². The number of aliphatic imine (C=N–C) groups is 1. The van der Waals surface area contributed by atoms with Crippen molar-refractivity contribution in [3.05, 3.63) is 12.2 Å². The Bertz CT molecular complexity index is 677. The van der Waals surface area contributed by atoms with Crippen LogP contribution in [0.1, 0.15) is 64.7 Å². The molecule has 0 fully saturated rings. The Labute approximate surface area is 181 Å². The molecule has 0 aromatic heterocycles. The van der Waals surface area contributed by atoms with Crippen molar-refractivity contribution >= 4 is 21.7 Å². The third-order valence-corrected chi connectivity index (χ3v) is 6.20. The van der Waals surface area contributed by atoms with Gasteiger partial charge in [-0.15, -0.1) is 0 Å². The fraction of sp³-hybridized carbons (Fsp3) is 0.810. The molecule has 1 aliphatic rings.